The summed E-state index contributed by atoms with van der Waals surface area (Å²) in [7, 11) is 0. The number of carbonyl (C=O) groups is 3. The van der Waals surface area contributed by atoms with Crippen molar-refractivity contribution in [3.05, 3.63) is 81.9 Å². The van der Waals surface area contributed by atoms with E-state index in [4.69, 9.17) is 0 Å². The third kappa shape index (κ3) is 3.68. The highest BCUT2D eigenvalue weighted by molar-refractivity contribution is 6.33. The van der Waals surface area contributed by atoms with Crippen molar-refractivity contribution >= 4 is 23.1 Å². The quantitative estimate of drug-likeness (QED) is 0.358. The van der Waals surface area contributed by atoms with E-state index in [1.165, 1.54) is 13.0 Å². The fourth-order valence-corrected chi connectivity index (χ4v) is 8.13. The summed E-state index contributed by atoms with van der Waals surface area (Å²) in [6.07, 6.45) is 1.66. The largest absolute Gasteiger partial charge is 0.507 e. The predicted molar refractivity (Wildman–Crippen MR) is 148 cm³/mol. The molecule has 204 valence electrons. The van der Waals surface area contributed by atoms with Crippen molar-refractivity contribution in [3.63, 3.8) is 0 Å². The molecule has 6 heteroatoms. The van der Waals surface area contributed by atoms with E-state index in [2.05, 4.69) is 0 Å². The second-order valence-corrected chi connectivity index (χ2v) is 12.4. The number of hydrogen-bond acceptors (Lipinski definition) is 6. The van der Waals surface area contributed by atoms with Crippen LogP contribution in [0, 0.1) is 22.7 Å². The first-order chi connectivity index (χ1) is 18.3. The lowest BCUT2D eigenvalue weighted by Crippen LogP contribution is -2.71. The van der Waals surface area contributed by atoms with E-state index in [0.29, 0.717) is 30.4 Å². The summed E-state index contributed by atoms with van der Waals surface area (Å²) in [4.78, 5) is 41.7. The molecule has 2 aromatic rings. The molecule has 1 saturated carbocycles. The fourth-order valence-electron chi connectivity index (χ4n) is 8.13. The van der Waals surface area contributed by atoms with Gasteiger partial charge >= 0.3 is 0 Å². The van der Waals surface area contributed by atoms with Crippen LogP contribution >= 0.6 is 0 Å². The van der Waals surface area contributed by atoms with Crippen LogP contribution < -0.4 is 0 Å². The lowest BCUT2D eigenvalue weighted by molar-refractivity contribution is -0.180. The van der Waals surface area contributed by atoms with E-state index in [9.17, 15) is 29.7 Å². The number of ketones is 3. The standard InChI is InChI=1S/C33H36O6/c1-18(2)26-22(15-14-20-10-7-6-8-11-20)24(19(3)34)29(37)33(39)30(38)27-28(36)25-21(12-9-13-23(25)35)16-31(27,4)17-32(26,33)5/h6-13,18,26,35-36,39H,14-17H2,1-5H3/t26?,31-,32-,33+/m1/s1. The maximum atomic E-state index is 14.4. The van der Waals surface area contributed by atoms with Crippen LogP contribution in [0.1, 0.15) is 64.2 Å². The predicted octanol–water partition coefficient (Wildman–Crippen LogP) is 5.31. The average molecular weight is 529 g/mol. The normalized spacial score (nSPS) is 30.3. The summed E-state index contributed by atoms with van der Waals surface area (Å²) in [5, 5.41) is 34.2. The van der Waals surface area contributed by atoms with Gasteiger partial charge in [-0.15, -0.1) is 0 Å². The summed E-state index contributed by atoms with van der Waals surface area (Å²) >= 11 is 0. The number of carbonyl (C=O) groups excluding carboxylic acids is 3. The minimum atomic E-state index is -2.52. The minimum absolute atomic E-state index is 0.0528. The summed E-state index contributed by atoms with van der Waals surface area (Å²) in [5.41, 5.74) is -2.18. The Bertz CT molecular complexity index is 1460. The molecule has 2 aromatic carbocycles. The molecule has 0 amide bonds. The van der Waals surface area contributed by atoms with Crippen LogP contribution in [0.15, 0.2) is 65.3 Å². The number of allylic oxidation sites excluding steroid dienone is 1. The number of phenols is 1. The molecule has 1 fully saturated rings. The van der Waals surface area contributed by atoms with Crippen LogP contribution in [0.3, 0.4) is 0 Å². The van der Waals surface area contributed by atoms with Crippen LogP contribution in [0.2, 0.25) is 0 Å². The highest BCUT2D eigenvalue weighted by Crippen LogP contribution is 2.65. The number of aliphatic hydroxyl groups excluding tert-OH is 1. The Labute approximate surface area is 229 Å². The number of aliphatic hydroxyl groups is 2. The summed E-state index contributed by atoms with van der Waals surface area (Å²) in [6.45, 7) is 8.97. The number of fused-ring (bicyclic) bond motifs is 3. The van der Waals surface area contributed by atoms with Gasteiger partial charge in [-0.25, -0.2) is 0 Å². The number of aromatic hydroxyl groups is 1. The monoisotopic (exact) mass is 528 g/mol. The Morgan fingerprint density at radius 1 is 0.974 bits per heavy atom. The van der Waals surface area contributed by atoms with Crippen molar-refractivity contribution in [2.45, 2.75) is 65.9 Å². The van der Waals surface area contributed by atoms with Crippen molar-refractivity contribution < 1.29 is 29.7 Å². The summed E-state index contributed by atoms with van der Waals surface area (Å²) < 4.78 is 0. The first kappa shape index (κ1) is 27.1. The van der Waals surface area contributed by atoms with E-state index in [1.807, 2.05) is 57.2 Å². The highest BCUT2D eigenvalue weighted by Gasteiger charge is 2.72. The molecular formula is C33H36O6. The Hall–Kier alpha value is -3.51. The maximum Gasteiger partial charge on any atom is 0.206 e. The third-order valence-corrected chi connectivity index (χ3v) is 9.41. The van der Waals surface area contributed by atoms with Gasteiger partial charge in [-0.3, -0.25) is 14.4 Å². The Balaban J connectivity index is 1.74. The number of aryl methyl sites for hydroxylation is 1. The molecule has 0 heterocycles. The first-order valence-corrected chi connectivity index (χ1v) is 13.6. The topological polar surface area (TPSA) is 112 Å². The highest BCUT2D eigenvalue weighted by atomic mass is 16.3. The molecule has 6 nitrogen and oxygen atoms in total. The van der Waals surface area contributed by atoms with E-state index in [0.717, 1.165) is 5.56 Å². The Morgan fingerprint density at radius 2 is 1.64 bits per heavy atom. The molecular weight excluding hydrogens is 492 g/mol. The molecule has 1 unspecified atom stereocenters. The maximum absolute atomic E-state index is 14.4. The van der Waals surface area contributed by atoms with Crippen molar-refractivity contribution in [2.75, 3.05) is 0 Å². The molecule has 0 aliphatic heterocycles. The van der Waals surface area contributed by atoms with Crippen LogP contribution in [-0.4, -0.2) is 38.3 Å². The zero-order chi connectivity index (χ0) is 28.5. The van der Waals surface area contributed by atoms with E-state index < -0.39 is 45.5 Å². The van der Waals surface area contributed by atoms with Gasteiger partial charge in [0.05, 0.1) is 11.1 Å². The molecule has 3 aliphatic carbocycles. The molecule has 0 aromatic heterocycles. The van der Waals surface area contributed by atoms with Gasteiger partial charge in [-0.05, 0) is 61.6 Å². The molecule has 0 saturated heterocycles. The third-order valence-electron chi connectivity index (χ3n) is 9.41. The number of Topliss-reactive ketones (excluding diaryl/α,β-unsaturated/α-hetero) is 3. The van der Waals surface area contributed by atoms with E-state index in [-0.39, 0.29) is 34.8 Å². The lowest BCUT2D eigenvalue weighted by Gasteiger charge is -2.60. The zero-order valence-electron chi connectivity index (χ0n) is 23.2. The van der Waals surface area contributed by atoms with Crippen molar-refractivity contribution in [1.29, 1.82) is 0 Å². The first-order valence-electron chi connectivity index (χ1n) is 13.6. The molecule has 39 heavy (non-hydrogen) atoms. The molecule has 0 radical (unpaired) electrons. The van der Waals surface area contributed by atoms with Crippen molar-refractivity contribution in [3.8, 4) is 5.75 Å². The fraction of sp³-hybridized carbons (Fsp3) is 0.424. The second-order valence-electron chi connectivity index (χ2n) is 12.4. The number of rotatable bonds is 5. The van der Waals surface area contributed by atoms with Gasteiger partial charge in [0.25, 0.3) is 0 Å². The summed E-state index contributed by atoms with van der Waals surface area (Å²) in [5.74, 6) is -3.34. The number of hydrogen-bond donors (Lipinski definition) is 3. The van der Waals surface area contributed by atoms with Gasteiger partial charge in [-0.1, -0.05) is 75.7 Å². The van der Waals surface area contributed by atoms with Crippen molar-refractivity contribution in [2.24, 2.45) is 22.7 Å². The van der Waals surface area contributed by atoms with E-state index >= 15 is 0 Å². The minimum Gasteiger partial charge on any atom is -0.507 e. The molecule has 3 aliphatic rings. The Morgan fingerprint density at radius 3 is 2.26 bits per heavy atom. The van der Waals surface area contributed by atoms with Gasteiger partial charge in [0, 0.05) is 16.4 Å². The Kier molecular flexibility index (Phi) is 6.26. The number of benzene rings is 2. The van der Waals surface area contributed by atoms with Crippen molar-refractivity contribution in [1.82, 2.24) is 0 Å². The van der Waals surface area contributed by atoms with Crippen LogP contribution in [0.4, 0.5) is 0 Å². The SMILES string of the molecule is CC(=O)C1=C(CCc2ccccc2)C(C(C)C)[C@@]2(C)C[C@@]3(C)Cc4cccc(O)c4C(O)=C3C(=O)[C@@]2(O)C1=O. The average Bonchev–Trinajstić information content (AvgIpc) is 2.84. The summed E-state index contributed by atoms with van der Waals surface area (Å²) in [6, 6.07) is 14.8. The van der Waals surface area contributed by atoms with Gasteiger partial charge in [0.2, 0.25) is 11.6 Å². The molecule has 0 bridgehead atoms. The van der Waals surface area contributed by atoms with Crippen LogP contribution in [0.5, 0.6) is 5.75 Å². The number of phenolic OH excluding ortho intramolecular Hbond substituents is 1. The zero-order valence-corrected chi connectivity index (χ0v) is 23.2. The van der Waals surface area contributed by atoms with Gasteiger partial charge in [-0.2, -0.15) is 0 Å². The van der Waals surface area contributed by atoms with Crippen LogP contribution in [-0.2, 0) is 27.2 Å². The van der Waals surface area contributed by atoms with Gasteiger partial charge in [0.1, 0.15) is 11.5 Å². The smallest absolute Gasteiger partial charge is 0.206 e. The van der Waals surface area contributed by atoms with Gasteiger partial charge in [0.15, 0.2) is 11.4 Å². The molecule has 3 N–H and O–H groups in total. The van der Waals surface area contributed by atoms with E-state index in [1.54, 1.807) is 13.0 Å². The lowest BCUT2D eigenvalue weighted by atomic mass is 9.42. The van der Waals surface area contributed by atoms with Crippen LogP contribution in [0.25, 0.3) is 5.76 Å². The van der Waals surface area contributed by atoms with Gasteiger partial charge < -0.3 is 15.3 Å². The second kappa shape index (κ2) is 9.02. The molecule has 5 rings (SSSR count). The molecule has 4 atom stereocenters. The molecule has 0 spiro atoms.